The lowest BCUT2D eigenvalue weighted by molar-refractivity contribution is -0.146. The number of benzene rings is 2. The minimum absolute atomic E-state index is 0.121. The van der Waals surface area contributed by atoms with Gasteiger partial charge in [-0.15, -0.1) is 0 Å². The average molecular weight is 395 g/mol. The lowest BCUT2D eigenvalue weighted by atomic mass is 9.76. The quantitative estimate of drug-likeness (QED) is 0.484. The van der Waals surface area contributed by atoms with Gasteiger partial charge in [-0.1, -0.05) is 42.0 Å². The molecule has 4 heteroatoms. The van der Waals surface area contributed by atoms with E-state index < -0.39 is 0 Å². The fourth-order valence-electron chi connectivity index (χ4n) is 4.17. The summed E-state index contributed by atoms with van der Waals surface area (Å²) in [6, 6.07) is 14.6. The highest BCUT2D eigenvalue weighted by atomic mass is 16.5. The molecule has 0 aliphatic heterocycles. The van der Waals surface area contributed by atoms with Gasteiger partial charge in [-0.25, -0.2) is 0 Å². The third-order valence-electron chi connectivity index (χ3n) is 5.73. The standard InChI is InChI=1S/C25H30O4/c1-17-10-13-20(25(26)29-4)21(14-17)24-22(27-2)15-19(16-23(24)28-3)12-11-18-8-6-5-7-9-18/h5-9,14-16,20-21H,10-13H2,1-4H3/t20-,21-/m1/s1. The first-order valence-electron chi connectivity index (χ1n) is 10.1. The molecule has 0 radical (unpaired) electrons. The van der Waals surface area contributed by atoms with Crippen LogP contribution in [0.4, 0.5) is 0 Å². The molecule has 1 aliphatic rings. The Morgan fingerprint density at radius 2 is 1.59 bits per heavy atom. The van der Waals surface area contributed by atoms with E-state index in [-0.39, 0.29) is 17.8 Å². The molecule has 3 rings (SSSR count). The number of aryl methyl sites for hydroxylation is 2. The van der Waals surface area contributed by atoms with E-state index in [0.29, 0.717) is 0 Å². The van der Waals surface area contributed by atoms with Gasteiger partial charge in [-0.2, -0.15) is 0 Å². The fraction of sp³-hybridized carbons (Fsp3) is 0.400. The molecule has 0 unspecified atom stereocenters. The summed E-state index contributed by atoms with van der Waals surface area (Å²) in [6.07, 6.45) is 5.66. The summed E-state index contributed by atoms with van der Waals surface area (Å²) < 4.78 is 16.6. The number of hydrogen-bond donors (Lipinski definition) is 0. The van der Waals surface area contributed by atoms with Crippen LogP contribution in [0.2, 0.25) is 0 Å². The van der Waals surface area contributed by atoms with Crippen LogP contribution >= 0.6 is 0 Å². The van der Waals surface area contributed by atoms with Crippen LogP contribution in [0, 0.1) is 5.92 Å². The Hall–Kier alpha value is -2.75. The number of ether oxygens (including phenoxy) is 3. The van der Waals surface area contributed by atoms with Crippen LogP contribution in [0.5, 0.6) is 11.5 Å². The second-order valence-corrected chi connectivity index (χ2v) is 7.61. The predicted octanol–water partition coefficient (Wildman–Crippen LogP) is 5.10. The van der Waals surface area contributed by atoms with Crippen molar-refractivity contribution < 1.29 is 19.0 Å². The van der Waals surface area contributed by atoms with Crippen LogP contribution in [0.1, 0.15) is 42.4 Å². The molecule has 29 heavy (non-hydrogen) atoms. The van der Waals surface area contributed by atoms with Crippen molar-refractivity contribution in [2.45, 2.75) is 38.5 Å². The summed E-state index contributed by atoms with van der Waals surface area (Å²) in [5, 5.41) is 0. The fourth-order valence-corrected chi connectivity index (χ4v) is 4.17. The first kappa shape index (κ1) is 21.0. The zero-order valence-electron chi connectivity index (χ0n) is 17.7. The molecule has 0 aromatic heterocycles. The van der Waals surface area contributed by atoms with Crippen molar-refractivity contribution in [3.63, 3.8) is 0 Å². The zero-order valence-corrected chi connectivity index (χ0v) is 17.7. The predicted molar refractivity (Wildman–Crippen MR) is 115 cm³/mol. The maximum absolute atomic E-state index is 12.4. The van der Waals surface area contributed by atoms with Crippen LogP contribution in [0.3, 0.4) is 0 Å². The monoisotopic (exact) mass is 394 g/mol. The van der Waals surface area contributed by atoms with Crippen molar-refractivity contribution in [2.24, 2.45) is 5.92 Å². The molecule has 0 spiro atoms. The molecular weight excluding hydrogens is 364 g/mol. The molecule has 2 aromatic carbocycles. The van der Waals surface area contributed by atoms with Gasteiger partial charge in [0.1, 0.15) is 11.5 Å². The minimum atomic E-state index is -0.235. The number of methoxy groups -OCH3 is 3. The summed E-state index contributed by atoms with van der Waals surface area (Å²) >= 11 is 0. The van der Waals surface area contributed by atoms with E-state index >= 15 is 0 Å². The Morgan fingerprint density at radius 3 is 2.17 bits per heavy atom. The number of carbonyl (C=O) groups excluding carboxylic acids is 1. The second-order valence-electron chi connectivity index (χ2n) is 7.61. The lowest BCUT2D eigenvalue weighted by Crippen LogP contribution is -2.26. The first-order chi connectivity index (χ1) is 14.1. The molecule has 0 N–H and O–H groups in total. The van der Waals surface area contributed by atoms with Gasteiger partial charge >= 0.3 is 5.97 Å². The molecule has 0 saturated carbocycles. The van der Waals surface area contributed by atoms with Crippen LogP contribution in [0.15, 0.2) is 54.1 Å². The van der Waals surface area contributed by atoms with E-state index in [4.69, 9.17) is 14.2 Å². The number of allylic oxidation sites excluding steroid dienone is 2. The van der Waals surface area contributed by atoms with Gasteiger partial charge in [0, 0.05) is 11.5 Å². The summed E-state index contributed by atoms with van der Waals surface area (Å²) in [7, 11) is 4.79. The van der Waals surface area contributed by atoms with Gasteiger partial charge < -0.3 is 14.2 Å². The Morgan fingerprint density at radius 1 is 0.966 bits per heavy atom. The van der Waals surface area contributed by atoms with Crippen molar-refractivity contribution in [1.82, 2.24) is 0 Å². The Labute approximate surface area is 173 Å². The van der Waals surface area contributed by atoms with E-state index in [1.54, 1.807) is 14.2 Å². The summed E-state index contributed by atoms with van der Waals surface area (Å²) in [5.74, 6) is 0.983. The molecule has 0 amide bonds. The van der Waals surface area contributed by atoms with Crippen LogP contribution in [-0.4, -0.2) is 27.3 Å². The molecule has 0 saturated heterocycles. The second kappa shape index (κ2) is 9.64. The number of esters is 1. The maximum Gasteiger partial charge on any atom is 0.309 e. The van der Waals surface area contributed by atoms with E-state index in [1.807, 2.05) is 6.07 Å². The van der Waals surface area contributed by atoms with Crippen molar-refractivity contribution in [3.8, 4) is 11.5 Å². The Balaban J connectivity index is 1.97. The van der Waals surface area contributed by atoms with Crippen LogP contribution in [-0.2, 0) is 22.4 Å². The van der Waals surface area contributed by atoms with Gasteiger partial charge in [0.2, 0.25) is 0 Å². The van der Waals surface area contributed by atoms with Gasteiger partial charge in [0.25, 0.3) is 0 Å². The average Bonchev–Trinajstić information content (AvgIpc) is 2.77. The summed E-state index contributed by atoms with van der Waals surface area (Å²) in [5.41, 5.74) is 4.64. The minimum Gasteiger partial charge on any atom is -0.496 e. The van der Waals surface area contributed by atoms with Gasteiger partial charge in [0.15, 0.2) is 0 Å². The molecule has 0 fully saturated rings. The molecule has 4 nitrogen and oxygen atoms in total. The van der Waals surface area contributed by atoms with Gasteiger partial charge in [0.05, 0.1) is 27.2 Å². The van der Waals surface area contributed by atoms with E-state index in [2.05, 4.69) is 49.4 Å². The molecule has 0 bridgehead atoms. The summed E-state index contributed by atoms with van der Waals surface area (Å²) in [6.45, 7) is 2.10. The van der Waals surface area contributed by atoms with Crippen molar-refractivity contribution in [2.75, 3.05) is 21.3 Å². The normalized spacial score (nSPS) is 18.7. The van der Waals surface area contributed by atoms with Crippen molar-refractivity contribution >= 4 is 5.97 Å². The van der Waals surface area contributed by atoms with Crippen molar-refractivity contribution in [3.05, 3.63) is 70.8 Å². The SMILES string of the molecule is COC(=O)[C@@H]1CCC(C)=C[C@H]1c1c(OC)cc(CCc2ccccc2)cc1OC. The largest absolute Gasteiger partial charge is 0.496 e. The smallest absolute Gasteiger partial charge is 0.309 e. The highest BCUT2D eigenvalue weighted by Gasteiger charge is 2.35. The highest BCUT2D eigenvalue weighted by Crippen LogP contribution is 2.45. The topological polar surface area (TPSA) is 44.8 Å². The third kappa shape index (κ3) is 4.81. The molecule has 154 valence electrons. The van der Waals surface area contributed by atoms with Gasteiger partial charge in [-0.05, 0) is 55.9 Å². The lowest BCUT2D eigenvalue weighted by Gasteiger charge is -2.30. The van der Waals surface area contributed by atoms with E-state index in [9.17, 15) is 4.79 Å². The Kier molecular flexibility index (Phi) is 6.97. The van der Waals surface area contributed by atoms with E-state index in [1.165, 1.54) is 18.2 Å². The third-order valence-corrected chi connectivity index (χ3v) is 5.73. The molecule has 2 aromatic rings. The number of hydrogen-bond acceptors (Lipinski definition) is 4. The maximum atomic E-state index is 12.4. The van der Waals surface area contributed by atoms with Gasteiger partial charge in [-0.3, -0.25) is 4.79 Å². The highest BCUT2D eigenvalue weighted by molar-refractivity contribution is 5.75. The number of carbonyl (C=O) groups is 1. The first-order valence-corrected chi connectivity index (χ1v) is 10.1. The zero-order chi connectivity index (χ0) is 20.8. The molecular formula is C25H30O4. The van der Waals surface area contributed by atoms with E-state index in [0.717, 1.165) is 48.3 Å². The summed E-state index contributed by atoms with van der Waals surface area (Å²) in [4.78, 5) is 12.4. The molecule has 1 aliphatic carbocycles. The van der Waals surface area contributed by atoms with Crippen molar-refractivity contribution in [1.29, 1.82) is 0 Å². The van der Waals surface area contributed by atoms with Crippen LogP contribution < -0.4 is 9.47 Å². The molecule has 0 heterocycles. The molecule has 2 atom stereocenters. The van der Waals surface area contributed by atoms with Crippen LogP contribution in [0.25, 0.3) is 0 Å². The number of rotatable bonds is 7. The Bertz CT molecular complexity index is 845.